The number of hydrazine groups is 1. The van der Waals surface area contributed by atoms with Crippen LogP contribution in [-0.4, -0.2) is 12.5 Å². The second kappa shape index (κ2) is 7.14. The highest BCUT2D eigenvalue weighted by Gasteiger charge is 2.08. The van der Waals surface area contributed by atoms with Crippen LogP contribution < -0.4 is 10.9 Å². The van der Waals surface area contributed by atoms with Gasteiger partial charge in [0.05, 0.1) is 11.5 Å². The standard InChI is InChI=1S/C15H17BrN2O2/c1-11(12-6-8-13(16)9-7-12)17-18-15(19)10-20-14-4-2-3-5-14/h4,6-9,17H,1-3,5,10H2,(H,18,19). The minimum atomic E-state index is -0.226. The van der Waals surface area contributed by atoms with Gasteiger partial charge in [0.25, 0.3) is 5.91 Å². The molecule has 0 atom stereocenters. The Hall–Kier alpha value is -1.75. The van der Waals surface area contributed by atoms with E-state index in [4.69, 9.17) is 4.74 Å². The largest absolute Gasteiger partial charge is 0.488 e. The maximum Gasteiger partial charge on any atom is 0.276 e. The van der Waals surface area contributed by atoms with E-state index in [1.165, 1.54) is 0 Å². The van der Waals surface area contributed by atoms with E-state index in [0.29, 0.717) is 5.70 Å². The highest BCUT2D eigenvalue weighted by atomic mass is 79.9. The van der Waals surface area contributed by atoms with Gasteiger partial charge < -0.3 is 4.74 Å². The molecule has 1 aromatic rings. The van der Waals surface area contributed by atoms with Crippen LogP contribution in [-0.2, 0) is 9.53 Å². The van der Waals surface area contributed by atoms with E-state index < -0.39 is 0 Å². The maximum absolute atomic E-state index is 11.6. The van der Waals surface area contributed by atoms with Gasteiger partial charge in [-0.05, 0) is 36.6 Å². The number of amides is 1. The third kappa shape index (κ3) is 4.42. The Morgan fingerprint density at radius 3 is 2.70 bits per heavy atom. The molecule has 5 heteroatoms. The second-order valence-electron chi connectivity index (χ2n) is 4.51. The van der Waals surface area contributed by atoms with Crippen molar-refractivity contribution in [2.75, 3.05) is 6.61 Å². The Labute approximate surface area is 127 Å². The lowest BCUT2D eigenvalue weighted by Crippen LogP contribution is -2.38. The molecule has 1 aliphatic rings. The molecule has 0 radical (unpaired) electrons. The molecule has 2 N–H and O–H groups in total. The normalized spacial score (nSPS) is 13.6. The summed E-state index contributed by atoms with van der Waals surface area (Å²) in [5.41, 5.74) is 6.89. The molecule has 0 unspecified atom stereocenters. The third-order valence-electron chi connectivity index (χ3n) is 2.93. The number of rotatable bonds is 6. The summed E-state index contributed by atoms with van der Waals surface area (Å²) in [6, 6.07) is 7.65. The monoisotopic (exact) mass is 336 g/mol. The first kappa shape index (κ1) is 14.7. The van der Waals surface area contributed by atoms with Crippen molar-refractivity contribution in [2.24, 2.45) is 0 Å². The molecule has 0 spiro atoms. The van der Waals surface area contributed by atoms with Crippen LogP contribution in [0.2, 0.25) is 0 Å². The molecular formula is C15H17BrN2O2. The van der Waals surface area contributed by atoms with Gasteiger partial charge in [-0.25, -0.2) is 0 Å². The molecule has 1 aromatic carbocycles. The summed E-state index contributed by atoms with van der Waals surface area (Å²) in [6.45, 7) is 3.89. The zero-order valence-electron chi connectivity index (χ0n) is 11.1. The van der Waals surface area contributed by atoms with Crippen LogP contribution in [0.1, 0.15) is 24.8 Å². The smallest absolute Gasteiger partial charge is 0.276 e. The van der Waals surface area contributed by atoms with Gasteiger partial charge >= 0.3 is 0 Å². The van der Waals surface area contributed by atoms with Crippen molar-refractivity contribution in [2.45, 2.75) is 19.3 Å². The van der Waals surface area contributed by atoms with E-state index in [1.807, 2.05) is 30.3 Å². The lowest BCUT2D eigenvalue weighted by molar-refractivity contribution is -0.125. The van der Waals surface area contributed by atoms with Crippen molar-refractivity contribution in [1.82, 2.24) is 10.9 Å². The van der Waals surface area contributed by atoms with E-state index in [2.05, 4.69) is 33.4 Å². The van der Waals surface area contributed by atoms with Crippen LogP contribution in [0.4, 0.5) is 0 Å². The van der Waals surface area contributed by atoms with Crippen molar-refractivity contribution in [3.8, 4) is 0 Å². The summed E-state index contributed by atoms with van der Waals surface area (Å²) in [7, 11) is 0. The Bertz CT molecular complexity index is 523. The minimum absolute atomic E-state index is 0.0203. The molecule has 1 amide bonds. The Morgan fingerprint density at radius 1 is 1.30 bits per heavy atom. The second-order valence-corrected chi connectivity index (χ2v) is 5.43. The summed E-state index contributed by atoms with van der Waals surface area (Å²) in [5, 5.41) is 0. The fourth-order valence-electron chi connectivity index (χ4n) is 1.84. The fourth-order valence-corrected chi connectivity index (χ4v) is 2.10. The first-order chi connectivity index (χ1) is 9.65. The summed E-state index contributed by atoms with van der Waals surface area (Å²) in [5.74, 6) is 0.683. The molecule has 0 bridgehead atoms. The van der Waals surface area contributed by atoms with Crippen molar-refractivity contribution in [3.05, 3.63) is 52.7 Å². The third-order valence-corrected chi connectivity index (χ3v) is 3.46. The first-order valence-corrected chi connectivity index (χ1v) is 7.26. The molecule has 20 heavy (non-hydrogen) atoms. The molecule has 0 aliphatic heterocycles. The molecule has 2 rings (SSSR count). The van der Waals surface area contributed by atoms with Crippen molar-refractivity contribution in [3.63, 3.8) is 0 Å². The van der Waals surface area contributed by atoms with Gasteiger partial charge in [0, 0.05) is 10.9 Å². The van der Waals surface area contributed by atoms with Gasteiger partial charge in [0.1, 0.15) is 0 Å². The number of halogens is 1. The number of carbonyl (C=O) groups excluding carboxylic acids is 1. The molecule has 106 valence electrons. The van der Waals surface area contributed by atoms with Crippen molar-refractivity contribution >= 4 is 27.5 Å². The zero-order chi connectivity index (χ0) is 14.4. The van der Waals surface area contributed by atoms with Crippen molar-refractivity contribution < 1.29 is 9.53 Å². The van der Waals surface area contributed by atoms with Gasteiger partial charge in [-0.3, -0.25) is 15.6 Å². The fraction of sp³-hybridized carbons (Fsp3) is 0.267. The Balaban J connectivity index is 1.72. The van der Waals surface area contributed by atoms with Crippen LogP contribution in [0.25, 0.3) is 5.70 Å². The molecule has 0 fully saturated rings. The summed E-state index contributed by atoms with van der Waals surface area (Å²) < 4.78 is 6.39. The number of hydrogen-bond acceptors (Lipinski definition) is 3. The molecular weight excluding hydrogens is 320 g/mol. The van der Waals surface area contributed by atoms with E-state index >= 15 is 0 Å². The van der Waals surface area contributed by atoms with Gasteiger partial charge in [-0.1, -0.05) is 34.6 Å². The Kier molecular flexibility index (Phi) is 5.24. The predicted molar refractivity (Wildman–Crippen MR) is 82.3 cm³/mol. The lowest BCUT2D eigenvalue weighted by atomic mass is 10.2. The number of hydrogen-bond donors (Lipinski definition) is 2. The number of benzene rings is 1. The van der Waals surface area contributed by atoms with E-state index in [0.717, 1.165) is 35.1 Å². The average molecular weight is 337 g/mol. The summed E-state index contributed by atoms with van der Waals surface area (Å²) in [4.78, 5) is 11.6. The molecule has 4 nitrogen and oxygen atoms in total. The highest BCUT2D eigenvalue weighted by Crippen LogP contribution is 2.18. The van der Waals surface area contributed by atoms with Gasteiger partial charge in [0.2, 0.25) is 0 Å². The Morgan fingerprint density at radius 2 is 2.05 bits per heavy atom. The quantitative estimate of drug-likeness (QED) is 0.784. The van der Waals surface area contributed by atoms with Gasteiger partial charge in [-0.2, -0.15) is 0 Å². The van der Waals surface area contributed by atoms with Crippen LogP contribution in [0.3, 0.4) is 0 Å². The first-order valence-electron chi connectivity index (χ1n) is 6.46. The SMILES string of the molecule is C=C(NNC(=O)COC1=CCCC1)c1ccc(Br)cc1. The zero-order valence-corrected chi connectivity index (χ0v) is 12.7. The van der Waals surface area contributed by atoms with Crippen LogP contribution in [0.5, 0.6) is 0 Å². The molecule has 1 aliphatic carbocycles. The molecule has 0 aromatic heterocycles. The van der Waals surface area contributed by atoms with Gasteiger partial charge in [-0.15, -0.1) is 0 Å². The van der Waals surface area contributed by atoms with Crippen molar-refractivity contribution in [1.29, 1.82) is 0 Å². The van der Waals surface area contributed by atoms with Gasteiger partial charge in [0.15, 0.2) is 6.61 Å². The number of ether oxygens (including phenoxy) is 1. The predicted octanol–water partition coefficient (Wildman–Crippen LogP) is 3.13. The molecule has 0 saturated carbocycles. The topological polar surface area (TPSA) is 50.4 Å². The number of carbonyl (C=O) groups is 1. The maximum atomic E-state index is 11.6. The number of nitrogens with one attached hydrogen (secondary N) is 2. The number of allylic oxidation sites excluding steroid dienone is 2. The highest BCUT2D eigenvalue weighted by molar-refractivity contribution is 9.10. The van der Waals surface area contributed by atoms with E-state index in [-0.39, 0.29) is 12.5 Å². The van der Waals surface area contributed by atoms with E-state index in [1.54, 1.807) is 0 Å². The minimum Gasteiger partial charge on any atom is -0.488 e. The molecule has 0 saturated heterocycles. The van der Waals surface area contributed by atoms with E-state index in [9.17, 15) is 4.79 Å². The average Bonchev–Trinajstić information content (AvgIpc) is 2.96. The summed E-state index contributed by atoms with van der Waals surface area (Å²) in [6.07, 6.45) is 5.10. The van der Waals surface area contributed by atoms with Crippen LogP contribution in [0.15, 0.2) is 47.2 Å². The molecule has 0 heterocycles. The van der Waals surface area contributed by atoms with Crippen LogP contribution in [0, 0.1) is 0 Å². The van der Waals surface area contributed by atoms with Crippen LogP contribution >= 0.6 is 15.9 Å². The lowest BCUT2D eigenvalue weighted by Gasteiger charge is -2.12. The summed E-state index contributed by atoms with van der Waals surface area (Å²) >= 11 is 3.37.